The van der Waals surface area contributed by atoms with Crippen LogP contribution in [-0.4, -0.2) is 19.5 Å². The molecule has 0 saturated heterocycles. The zero-order valence-corrected chi connectivity index (χ0v) is 7.00. The average molecular weight is 271 g/mol. The SMILES string of the molecule is [F][Sb-]([F])([F])([F])([F])[F].[SH3+]. The summed E-state index contributed by atoms with van der Waals surface area (Å²) >= 11 is -11.2. The Morgan fingerprint density at radius 1 is 0.625 bits per heavy atom. The summed E-state index contributed by atoms with van der Waals surface area (Å²) in [5.74, 6) is 0. The maximum Gasteiger partial charge on any atom is -0.0576 e. The second kappa shape index (κ2) is 1.42. The second-order valence-electron chi connectivity index (χ2n) is 0.958. The summed E-state index contributed by atoms with van der Waals surface area (Å²) in [5.41, 5.74) is 0. The number of halogens is 6. The zero-order chi connectivity index (χ0) is 6.41. The van der Waals surface area contributed by atoms with E-state index in [9.17, 15) is 16.9 Å². The van der Waals surface area contributed by atoms with E-state index in [2.05, 4.69) is 0 Å². The molecule has 0 aliphatic heterocycles. The van der Waals surface area contributed by atoms with Gasteiger partial charge in [0.15, 0.2) is 0 Å². The zero-order valence-electron chi connectivity index (χ0n) is 3.29. The molecule has 0 aromatic heterocycles. The Morgan fingerprint density at radius 2 is 0.625 bits per heavy atom. The molecular weight excluding hydrogens is 268 g/mol. The van der Waals surface area contributed by atoms with Gasteiger partial charge in [0.25, 0.3) is 0 Å². The third-order valence-electron chi connectivity index (χ3n) is 0. The van der Waals surface area contributed by atoms with E-state index < -0.39 is 19.5 Å². The third-order valence-corrected chi connectivity index (χ3v) is 0. The van der Waals surface area contributed by atoms with Crippen LogP contribution in [0.15, 0.2) is 0 Å². The third kappa shape index (κ3) is 398. The Labute approximate surface area is 50.2 Å². The van der Waals surface area contributed by atoms with E-state index in [-0.39, 0.29) is 13.5 Å². The van der Waals surface area contributed by atoms with Gasteiger partial charge in [0.05, 0.1) is 0 Å². The minimum atomic E-state index is -11.2. The van der Waals surface area contributed by atoms with Crippen molar-refractivity contribution >= 4 is 33.0 Å². The summed E-state index contributed by atoms with van der Waals surface area (Å²) in [5, 5.41) is 0. The molecule has 0 spiro atoms. The molecule has 0 aliphatic carbocycles. The van der Waals surface area contributed by atoms with E-state index in [0.717, 1.165) is 0 Å². The van der Waals surface area contributed by atoms with E-state index in [4.69, 9.17) is 0 Å². The Bertz CT molecular complexity index is 67.1. The molecule has 0 radical (unpaired) electrons. The molecule has 0 aromatic carbocycles. The van der Waals surface area contributed by atoms with Crippen molar-refractivity contribution in [2.24, 2.45) is 0 Å². The molecule has 0 rings (SSSR count). The smallest absolute Gasteiger partial charge is 0.0576 e. The van der Waals surface area contributed by atoms with Crippen LogP contribution in [0, 0.1) is 0 Å². The van der Waals surface area contributed by atoms with Gasteiger partial charge in [-0.3, -0.25) is 0 Å². The molecule has 0 saturated carbocycles. The number of rotatable bonds is 0. The summed E-state index contributed by atoms with van der Waals surface area (Å²) < 4.78 is 59.6. The summed E-state index contributed by atoms with van der Waals surface area (Å²) in [4.78, 5) is 0. The van der Waals surface area contributed by atoms with Crippen LogP contribution in [0.25, 0.3) is 0 Å². The quantitative estimate of drug-likeness (QED) is 0.354. The molecule has 8 heavy (non-hydrogen) atoms. The normalized spacial score (nSPS) is 20.2. The maximum absolute atomic E-state index is 11.2. The molecule has 0 atom stereocenters. The first-order chi connectivity index (χ1) is 2.45. The Hall–Kier alpha value is 0.748. The first-order valence-electron chi connectivity index (χ1n) is 1.01. The fraction of sp³-hybridized carbons (Fsp3) is 0. The van der Waals surface area contributed by atoms with Crippen molar-refractivity contribution in [3.8, 4) is 0 Å². The second-order valence-corrected chi connectivity index (χ2v) is 6.43. The minimum absolute atomic E-state index is 0. The first kappa shape index (κ1) is 11.5. The largest absolute Gasteiger partial charge is 0.0576 e. The van der Waals surface area contributed by atoms with Crippen LogP contribution in [-0.2, 0) is 13.5 Å². The van der Waals surface area contributed by atoms with Crippen LogP contribution in [0.3, 0.4) is 0 Å². The summed E-state index contributed by atoms with van der Waals surface area (Å²) in [6, 6.07) is 0. The Balaban J connectivity index is 0. The molecule has 0 N–H and O–H groups in total. The molecule has 0 bridgehead atoms. The average Bonchev–Trinajstić information content (AvgIpc) is 0.592. The topological polar surface area (TPSA) is 0 Å². The monoisotopic (exact) mass is 270 g/mol. The van der Waals surface area contributed by atoms with Crippen molar-refractivity contribution in [3.63, 3.8) is 0 Å². The molecule has 0 amide bonds. The molecule has 0 aromatic rings. The van der Waals surface area contributed by atoms with Crippen molar-refractivity contribution in [3.05, 3.63) is 0 Å². The predicted octanol–water partition coefficient (Wildman–Crippen LogP) is 1.33. The van der Waals surface area contributed by atoms with Crippen molar-refractivity contribution < 1.29 is 16.9 Å². The molecule has 0 aliphatic rings. The van der Waals surface area contributed by atoms with Crippen LogP contribution in [0.1, 0.15) is 0 Å². The van der Waals surface area contributed by atoms with Gasteiger partial charge in [-0.1, -0.05) is 13.5 Å². The van der Waals surface area contributed by atoms with Crippen LogP contribution >= 0.6 is 0 Å². The minimum Gasteiger partial charge on any atom is -0.0576 e. The van der Waals surface area contributed by atoms with E-state index in [0.29, 0.717) is 0 Å². The molecular formula is H3F6SSb. The first-order valence-corrected chi connectivity index (χ1v) is 6.80. The fourth-order valence-electron chi connectivity index (χ4n) is 0. The van der Waals surface area contributed by atoms with Gasteiger partial charge < -0.3 is 0 Å². The van der Waals surface area contributed by atoms with E-state index in [1.54, 1.807) is 0 Å². The molecule has 0 nitrogen and oxygen atoms in total. The number of hydrogen-bond acceptors (Lipinski definition) is 0. The van der Waals surface area contributed by atoms with Gasteiger partial charge in [-0.2, -0.15) is 0 Å². The fourth-order valence-corrected chi connectivity index (χ4v) is 0. The maximum atomic E-state index is 9.93. The van der Waals surface area contributed by atoms with Crippen molar-refractivity contribution in [2.75, 3.05) is 0 Å². The van der Waals surface area contributed by atoms with Gasteiger partial charge in [-0.15, -0.1) is 0 Å². The molecule has 0 heterocycles. The number of hydrogen-bond donors (Lipinski definition) is 0. The van der Waals surface area contributed by atoms with E-state index in [1.807, 2.05) is 0 Å². The molecule has 0 fully saturated rings. The van der Waals surface area contributed by atoms with Gasteiger partial charge in [-0.25, -0.2) is 0 Å². The van der Waals surface area contributed by atoms with Gasteiger partial charge in [-0.05, 0) is 0 Å². The molecule has 8 heteroatoms. The van der Waals surface area contributed by atoms with Gasteiger partial charge >= 0.3 is 36.4 Å². The summed E-state index contributed by atoms with van der Waals surface area (Å²) in [7, 11) is 0. The predicted molar refractivity (Wildman–Crippen MR) is 24.0 cm³/mol. The van der Waals surface area contributed by atoms with Crippen LogP contribution in [0.5, 0.6) is 0 Å². The van der Waals surface area contributed by atoms with Crippen LogP contribution in [0.2, 0.25) is 0 Å². The Morgan fingerprint density at radius 3 is 0.625 bits per heavy atom. The van der Waals surface area contributed by atoms with Crippen molar-refractivity contribution in [2.45, 2.75) is 0 Å². The summed E-state index contributed by atoms with van der Waals surface area (Å²) in [6.45, 7) is 0. The summed E-state index contributed by atoms with van der Waals surface area (Å²) in [6.07, 6.45) is 0. The van der Waals surface area contributed by atoms with Crippen molar-refractivity contribution in [1.29, 1.82) is 0 Å². The van der Waals surface area contributed by atoms with Crippen molar-refractivity contribution in [1.82, 2.24) is 0 Å². The molecule has 56 valence electrons. The van der Waals surface area contributed by atoms with Gasteiger partial charge in [0.2, 0.25) is 0 Å². The van der Waals surface area contributed by atoms with Crippen LogP contribution < -0.4 is 0 Å². The van der Waals surface area contributed by atoms with Gasteiger partial charge in [0.1, 0.15) is 0 Å². The van der Waals surface area contributed by atoms with Gasteiger partial charge in [0, 0.05) is 0 Å². The standard InChI is InChI=1S/6FH.H2S.Sb/h6*1H;1H2;/q;;;;;;;+5/p-5. The van der Waals surface area contributed by atoms with E-state index in [1.165, 1.54) is 0 Å². The van der Waals surface area contributed by atoms with E-state index >= 15 is 0 Å². The Kier molecular flexibility index (Phi) is 2.05. The molecule has 0 unspecified atom stereocenters. The van der Waals surface area contributed by atoms with Crippen LogP contribution in [0.4, 0.5) is 16.9 Å².